The Morgan fingerprint density at radius 3 is 2.90 bits per heavy atom. The van der Waals surface area contributed by atoms with Gasteiger partial charge in [0.05, 0.1) is 16.8 Å². The molecule has 4 heterocycles. The third kappa shape index (κ3) is 2.74. The van der Waals surface area contributed by atoms with Crippen molar-refractivity contribution in [3.05, 3.63) is 59.8 Å². The van der Waals surface area contributed by atoms with Crippen molar-refractivity contribution in [2.24, 2.45) is 7.05 Å². The fourth-order valence-corrected chi connectivity index (χ4v) is 4.72. The molecule has 144 valence electrons. The maximum absolute atomic E-state index is 4.88. The molecule has 0 aliphatic heterocycles. The van der Waals surface area contributed by atoms with Gasteiger partial charge in [0.2, 0.25) is 4.96 Å². The monoisotopic (exact) mass is 401 g/mol. The van der Waals surface area contributed by atoms with Gasteiger partial charge in [-0.25, -0.2) is 0 Å². The van der Waals surface area contributed by atoms with Crippen LogP contribution in [0.15, 0.2) is 42.7 Å². The van der Waals surface area contributed by atoms with Crippen LogP contribution in [0.2, 0.25) is 0 Å². The molecule has 1 aliphatic rings. The van der Waals surface area contributed by atoms with E-state index in [2.05, 4.69) is 57.7 Å². The zero-order valence-corrected chi connectivity index (χ0v) is 17.0. The highest BCUT2D eigenvalue weighted by atomic mass is 32.1. The third-order valence-corrected chi connectivity index (χ3v) is 6.51. The molecule has 8 heteroatoms. The second kappa shape index (κ2) is 6.18. The Balaban J connectivity index is 1.42. The van der Waals surface area contributed by atoms with Crippen LogP contribution in [0.5, 0.6) is 0 Å². The van der Waals surface area contributed by atoms with Gasteiger partial charge in [0.25, 0.3) is 0 Å². The molecular weight excluding hydrogens is 382 g/mol. The van der Waals surface area contributed by atoms with E-state index in [1.165, 1.54) is 18.4 Å². The number of hydrogen-bond acceptors (Lipinski definition) is 6. The van der Waals surface area contributed by atoms with Gasteiger partial charge in [0.15, 0.2) is 10.8 Å². The second-order valence-electron chi connectivity index (χ2n) is 7.71. The zero-order valence-electron chi connectivity index (χ0n) is 16.1. The van der Waals surface area contributed by atoms with E-state index in [0.29, 0.717) is 5.92 Å². The molecule has 1 saturated carbocycles. The summed E-state index contributed by atoms with van der Waals surface area (Å²) >= 11 is 1.57. The minimum atomic E-state index is 0.0707. The largest absolute Gasteiger partial charge is 0.275 e. The first-order valence-corrected chi connectivity index (χ1v) is 10.6. The summed E-state index contributed by atoms with van der Waals surface area (Å²) in [4.78, 5) is 5.22. The van der Waals surface area contributed by atoms with E-state index < -0.39 is 0 Å². The molecule has 1 fully saturated rings. The molecule has 1 atom stereocenters. The van der Waals surface area contributed by atoms with E-state index in [4.69, 9.17) is 5.10 Å². The van der Waals surface area contributed by atoms with Gasteiger partial charge in [0, 0.05) is 36.7 Å². The van der Waals surface area contributed by atoms with E-state index in [1.807, 2.05) is 28.5 Å². The molecule has 1 unspecified atom stereocenters. The first-order chi connectivity index (χ1) is 14.2. The van der Waals surface area contributed by atoms with Crippen LogP contribution in [0, 0.1) is 0 Å². The predicted molar refractivity (Wildman–Crippen MR) is 112 cm³/mol. The van der Waals surface area contributed by atoms with E-state index in [-0.39, 0.29) is 5.92 Å². The van der Waals surface area contributed by atoms with E-state index in [9.17, 15) is 0 Å². The average Bonchev–Trinajstić information content (AvgIpc) is 3.20. The Morgan fingerprint density at radius 1 is 1.14 bits per heavy atom. The third-order valence-electron chi connectivity index (χ3n) is 5.58. The predicted octanol–water partition coefficient (Wildman–Crippen LogP) is 4.16. The summed E-state index contributed by atoms with van der Waals surface area (Å²) in [5.41, 5.74) is 4.46. The van der Waals surface area contributed by atoms with Crippen LogP contribution in [-0.4, -0.2) is 34.6 Å². The van der Waals surface area contributed by atoms with Gasteiger partial charge in [-0.1, -0.05) is 30.4 Å². The van der Waals surface area contributed by atoms with Gasteiger partial charge >= 0.3 is 0 Å². The Morgan fingerprint density at radius 2 is 2.03 bits per heavy atom. The number of fused-ring (bicyclic) bond motifs is 2. The Labute approximate surface area is 171 Å². The van der Waals surface area contributed by atoms with Crippen LogP contribution in [0.4, 0.5) is 0 Å². The number of aromatic nitrogens is 7. The first kappa shape index (κ1) is 16.8. The van der Waals surface area contributed by atoms with Crippen molar-refractivity contribution in [1.82, 2.24) is 34.6 Å². The van der Waals surface area contributed by atoms with Crippen LogP contribution < -0.4 is 0 Å². The summed E-state index contributed by atoms with van der Waals surface area (Å²) in [5, 5.41) is 20.5. The molecule has 4 aromatic heterocycles. The topological polar surface area (TPSA) is 73.8 Å². The van der Waals surface area contributed by atoms with Crippen molar-refractivity contribution in [3.63, 3.8) is 0 Å². The zero-order chi connectivity index (χ0) is 19.5. The SMILES string of the molecule is CC(c1ccc2ncccc2c1)c1nnc2sc(-c3cn(C)nc3C3CC3)nn12. The maximum atomic E-state index is 4.88. The molecule has 7 nitrogen and oxygen atoms in total. The quantitative estimate of drug-likeness (QED) is 0.452. The van der Waals surface area contributed by atoms with Crippen LogP contribution >= 0.6 is 11.3 Å². The average molecular weight is 401 g/mol. The minimum Gasteiger partial charge on any atom is -0.275 e. The number of aryl methyl sites for hydroxylation is 1. The van der Waals surface area contributed by atoms with Gasteiger partial charge in [-0.15, -0.1) is 10.2 Å². The van der Waals surface area contributed by atoms with Crippen molar-refractivity contribution in [3.8, 4) is 10.6 Å². The van der Waals surface area contributed by atoms with Gasteiger partial charge in [-0.3, -0.25) is 9.67 Å². The molecule has 0 N–H and O–H groups in total. The van der Waals surface area contributed by atoms with Crippen LogP contribution in [-0.2, 0) is 7.05 Å². The molecule has 1 aromatic carbocycles. The van der Waals surface area contributed by atoms with E-state index >= 15 is 0 Å². The molecule has 0 bridgehead atoms. The summed E-state index contributed by atoms with van der Waals surface area (Å²) in [5.74, 6) is 1.49. The standard InChI is InChI=1S/C21H19N7S/c1-12(14-7-8-17-15(10-14)4-3-9-22-17)19-23-24-21-28(19)26-20(29-21)16-11-27(2)25-18(16)13-5-6-13/h3-4,7-13H,5-6H2,1-2H3. The van der Waals surface area contributed by atoms with Gasteiger partial charge in [-0.05, 0) is 36.6 Å². The molecular formula is C21H19N7S. The van der Waals surface area contributed by atoms with E-state index in [0.717, 1.165) is 38.0 Å². The lowest BCUT2D eigenvalue weighted by Crippen LogP contribution is -2.03. The lowest BCUT2D eigenvalue weighted by Gasteiger charge is -2.10. The van der Waals surface area contributed by atoms with Gasteiger partial charge < -0.3 is 0 Å². The summed E-state index contributed by atoms with van der Waals surface area (Å²) < 4.78 is 3.78. The Hall–Kier alpha value is -3.13. The van der Waals surface area contributed by atoms with Gasteiger partial charge in [-0.2, -0.15) is 14.7 Å². The van der Waals surface area contributed by atoms with Crippen LogP contribution in [0.25, 0.3) is 26.4 Å². The summed E-state index contributed by atoms with van der Waals surface area (Å²) in [6, 6.07) is 10.4. The number of nitrogens with zero attached hydrogens (tertiary/aromatic N) is 7. The molecule has 5 aromatic rings. The van der Waals surface area contributed by atoms with Crippen molar-refractivity contribution in [2.45, 2.75) is 31.6 Å². The highest BCUT2D eigenvalue weighted by Crippen LogP contribution is 2.44. The molecule has 0 spiro atoms. The highest BCUT2D eigenvalue weighted by molar-refractivity contribution is 7.19. The Kier molecular flexibility index (Phi) is 3.58. The van der Waals surface area contributed by atoms with Crippen LogP contribution in [0.3, 0.4) is 0 Å². The molecule has 6 rings (SSSR count). The Bertz CT molecular complexity index is 1360. The molecule has 29 heavy (non-hydrogen) atoms. The molecule has 0 amide bonds. The lowest BCUT2D eigenvalue weighted by atomic mass is 9.99. The van der Waals surface area contributed by atoms with Gasteiger partial charge in [0.1, 0.15) is 0 Å². The summed E-state index contributed by atoms with van der Waals surface area (Å²) in [6.07, 6.45) is 6.32. The highest BCUT2D eigenvalue weighted by Gasteiger charge is 2.31. The smallest absolute Gasteiger partial charge is 0.235 e. The van der Waals surface area contributed by atoms with Crippen molar-refractivity contribution in [1.29, 1.82) is 0 Å². The first-order valence-electron chi connectivity index (χ1n) is 9.78. The maximum Gasteiger partial charge on any atom is 0.235 e. The number of hydrogen-bond donors (Lipinski definition) is 0. The molecule has 0 radical (unpaired) electrons. The molecule has 0 saturated heterocycles. The normalized spacial score (nSPS) is 15.4. The fourth-order valence-electron chi connectivity index (χ4n) is 3.85. The number of pyridine rings is 1. The van der Waals surface area contributed by atoms with E-state index in [1.54, 1.807) is 11.3 Å². The summed E-state index contributed by atoms with van der Waals surface area (Å²) in [7, 11) is 1.97. The minimum absolute atomic E-state index is 0.0707. The number of benzene rings is 1. The molecule has 1 aliphatic carbocycles. The lowest BCUT2D eigenvalue weighted by molar-refractivity contribution is 0.744. The van der Waals surface area contributed by atoms with Crippen molar-refractivity contribution >= 4 is 27.2 Å². The summed E-state index contributed by atoms with van der Waals surface area (Å²) in [6.45, 7) is 2.15. The van der Waals surface area contributed by atoms with Crippen molar-refractivity contribution in [2.75, 3.05) is 0 Å². The van der Waals surface area contributed by atoms with Crippen LogP contribution in [0.1, 0.15) is 48.7 Å². The van der Waals surface area contributed by atoms with Crippen molar-refractivity contribution < 1.29 is 0 Å². The fraction of sp³-hybridized carbons (Fsp3) is 0.286. The second-order valence-corrected chi connectivity index (χ2v) is 8.67. The number of rotatable bonds is 4.